The van der Waals surface area contributed by atoms with E-state index < -0.39 is 32.1 Å². The minimum atomic E-state index is -3.98. The quantitative estimate of drug-likeness (QED) is 0.668. The molecule has 0 aromatic heterocycles. The van der Waals surface area contributed by atoms with E-state index in [4.69, 9.17) is 5.11 Å². The molecule has 0 saturated heterocycles. The zero-order valence-electron chi connectivity index (χ0n) is 13.8. The fraction of sp³-hybridized carbons (Fsp3) is 0.500. The monoisotopic (exact) mass is 378 g/mol. The molecule has 0 spiro atoms. The van der Waals surface area contributed by atoms with Gasteiger partial charge in [-0.25, -0.2) is 16.8 Å². The summed E-state index contributed by atoms with van der Waals surface area (Å²) in [7, 11) is -6.28. The number of carboxylic acid groups (broad SMARTS) is 1. The van der Waals surface area contributed by atoms with Crippen molar-refractivity contribution >= 4 is 31.7 Å². The lowest BCUT2D eigenvalue weighted by atomic mass is 10.3. The van der Waals surface area contributed by atoms with E-state index in [1.54, 1.807) is 0 Å². The Labute approximate surface area is 142 Å². The summed E-state index contributed by atoms with van der Waals surface area (Å²) in [6.45, 7) is 3.14. The first-order chi connectivity index (χ1) is 11.0. The second-order valence-corrected chi connectivity index (χ2v) is 9.17. The van der Waals surface area contributed by atoms with E-state index in [2.05, 4.69) is 4.72 Å². The third-order valence-corrected chi connectivity index (χ3v) is 6.79. The van der Waals surface area contributed by atoms with E-state index in [1.165, 1.54) is 38.2 Å². The number of sulfonamides is 2. The summed E-state index contributed by atoms with van der Waals surface area (Å²) in [6, 6.07) is 3.91. The number of carbonyl (C=O) groups is 1. The van der Waals surface area contributed by atoms with Crippen LogP contribution in [0.2, 0.25) is 0 Å². The lowest BCUT2D eigenvalue weighted by Gasteiger charge is -2.21. The van der Waals surface area contributed by atoms with Crippen LogP contribution in [-0.4, -0.2) is 51.1 Å². The van der Waals surface area contributed by atoms with Crippen LogP contribution in [0.3, 0.4) is 0 Å². The highest BCUT2D eigenvalue weighted by Gasteiger charge is 2.29. The standard InChI is InChI=1S/C14H22N2O6S2/c1-4-5-10-23(19,20)15-12-6-8-13(9-7-12)24(21,22)16(3)11(2)14(17)18/h6-9,11,15H,4-5,10H2,1-3H3,(H,17,18). The maximum absolute atomic E-state index is 12.3. The molecule has 0 aliphatic carbocycles. The fourth-order valence-corrected chi connectivity index (χ4v) is 4.37. The zero-order valence-corrected chi connectivity index (χ0v) is 15.4. The van der Waals surface area contributed by atoms with Crippen molar-refractivity contribution in [3.63, 3.8) is 0 Å². The molecule has 0 aliphatic heterocycles. The predicted octanol–water partition coefficient (Wildman–Crippen LogP) is 1.32. The molecular formula is C14H22N2O6S2. The van der Waals surface area contributed by atoms with Crippen LogP contribution in [0.5, 0.6) is 0 Å². The van der Waals surface area contributed by atoms with Gasteiger partial charge in [-0.15, -0.1) is 0 Å². The van der Waals surface area contributed by atoms with Crippen molar-refractivity contribution < 1.29 is 26.7 Å². The van der Waals surface area contributed by atoms with Gasteiger partial charge in [0, 0.05) is 12.7 Å². The highest BCUT2D eigenvalue weighted by molar-refractivity contribution is 7.92. The molecule has 0 heterocycles. The van der Waals surface area contributed by atoms with Crippen LogP contribution in [0.15, 0.2) is 29.2 Å². The Hall–Kier alpha value is -1.65. The molecule has 0 aliphatic rings. The largest absolute Gasteiger partial charge is 0.480 e. The zero-order chi connectivity index (χ0) is 18.5. The molecule has 1 aromatic rings. The van der Waals surface area contributed by atoms with Crippen molar-refractivity contribution in [2.24, 2.45) is 0 Å². The molecule has 0 bridgehead atoms. The van der Waals surface area contributed by atoms with Gasteiger partial charge in [0.15, 0.2) is 0 Å². The number of aliphatic carboxylic acids is 1. The van der Waals surface area contributed by atoms with Crippen molar-refractivity contribution in [2.75, 3.05) is 17.5 Å². The lowest BCUT2D eigenvalue weighted by Crippen LogP contribution is -2.40. The molecule has 8 nitrogen and oxygen atoms in total. The minimum absolute atomic E-state index is 0.0115. The first-order valence-electron chi connectivity index (χ1n) is 7.32. The van der Waals surface area contributed by atoms with Gasteiger partial charge >= 0.3 is 5.97 Å². The molecular weight excluding hydrogens is 356 g/mol. The topological polar surface area (TPSA) is 121 Å². The molecule has 136 valence electrons. The molecule has 0 saturated carbocycles. The Kier molecular flexibility index (Phi) is 6.76. The Bertz CT molecular complexity index is 772. The SMILES string of the molecule is CCCCS(=O)(=O)Nc1ccc(S(=O)(=O)N(C)C(C)C(=O)O)cc1. The Morgan fingerprint density at radius 1 is 1.21 bits per heavy atom. The van der Waals surface area contributed by atoms with E-state index in [-0.39, 0.29) is 16.3 Å². The van der Waals surface area contributed by atoms with Crippen LogP contribution in [0, 0.1) is 0 Å². The second kappa shape index (κ2) is 7.95. The number of hydrogen-bond donors (Lipinski definition) is 2. The fourth-order valence-electron chi connectivity index (χ4n) is 1.79. The van der Waals surface area contributed by atoms with Crippen LogP contribution >= 0.6 is 0 Å². The molecule has 10 heteroatoms. The van der Waals surface area contributed by atoms with E-state index in [9.17, 15) is 21.6 Å². The maximum atomic E-state index is 12.3. The number of nitrogens with zero attached hydrogens (tertiary/aromatic N) is 1. The molecule has 1 unspecified atom stereocenters. The van der Waals surface area contributed by atoms with Crippen LogP contribution < -0.4 is 4.72 Å². The first-order valence-corrected chi connectivity index (χ1v) is 10.4. The summed E-state index contributed by atoms with van der Waals surface area (Å²) in [4.78, 5) is 10.8. The molecule has 1 aromatic carbocycles. The number of nitrogens with one attached hydrogen (secondary N) is 1. The molecule has 2 N–H and O–H groups in total. The predicted molar refractivity (Wildman–Crippen MR) is 90.8 cm³/mol. The van der Waals surface area contributed by atoms with Gasteiger partial charge in [-0.3, -0.25) is 9.52 Å². The van der Waals surface area contributed by atoms with Crippen LogP contribution in [0.4, 0.5) is 5.69 Å². The third kappa shape index (κ3) is 5.18. The van der Waals surface area contributed by atoms with Crippen LogP contribution in [0.25, 0.3) is 0 Å². The number of unbranched alkanes of at least 4 members (excludes halogenated alkanes) is 1. The van der Waals surface area contributed by atoms with Gasteiger partial charge in [-0.1, -0.05) is 13.3 Å². The van der Waals surface area contributed by atoms with Crippen molar-refractivity contribution in [1.29, 1.82) is 0 Å². The molecule has 1 atom stereocenters. The highest BCUT2D eigenvalue weighted by atomic mass is 32.2. The Morgan fingerprint density at radius 2 is 1.75 bits per heavy atom. The maximum Gasteiger partial charge on any atom is 0.321 e. The van der Waals surface area contributed by atoms with Crippen molar-refractivity contribution in [3.05, 3.63) is 24.3 Å². The van der Waals surface area contributed by atoms with E-state index in [0.29, 0.717) is 6.42 Å². The van der Waals surface area contributed by atoms with Gasteiger partial charge in [0.1, 0.15) is 6.04 Å². The van der Waals surface area contributed by atoms with Gasteiger partial charge in [-0.2, -0.15) is 4.31 Å². The normalized spacial score (nSPS) is 13.7. The Morgan fingerprint density at radius 3 is 2.21 bits per heavy atom. The second-order valence-electron chi connectivity index (χ2n) is 5.33. The molecule has 1 rings (SSSR count). The van der Waals surface area contributed by atoms with Gasteiger partial charge < -0.3 is 5.11 Å². The van der Waals surface area contributed by atoms with Crippen LogP contribution in [0.1, 0.15) is 26.7 Å². The average Bonchev–Trinajstić information content (AvgIpc) is 2.51. The number of benzene rings is 1. The van der Waals surface area contributed by atoms with Crippen LogP contribution in [-0.2, 0) is 24.8 Å². The minimum Gasteiger partial charge on any atom is -0.480 e. The third-order valence-electron chi connectivity index (χ3n) is 3.47. The summed E-state index contributed by atoms with van der Waals surface area (Å²) >= 11 is 0. The summed E-state index contributed by atoms with van der Waals surface area (Å²) < 4.78 is 51.4. The van der Waals surface area contributed by atoms with Crippen molar-refractivity contribution in [2.45, 2.75) is 37.6 Å². The number of hydrogen-bond acceptors (Lipinski definition) is 5. The number of anilines is 1. The number of carboxylic acids is 1. The molecule has 0 amide bonds. The summed E-state index contributed by atoms with van der Waals surface area (Å²) in [5.74, 6) is -1.27. The molecule has 24 heavy (non-hydrogen) atoms. The van der Waals surface area contributed by atoms with Crippen molar-refractivity contribution in [3.8, 4) is 0 Å². The van der Waals surface area contributed by atoms with E-state index in [1.807, 2.05) is 6.92 Å². The summed E-state index contributed by atoms with van der Waals surface area (Å²) in [5, 5.41) is 8.92. The van der Waals surface area contributed by atoms with Crippen molar-refractivity contribution in [1.82, 2.24) is 4.31 Å². The molecule has 0 radical (unpaired) electrons. The van der Waals surface area contributed by atoms with Gasteiger partial charge in [0.25, 0.3) is 0 Å². The van der Waals surface area contributed by atoms with E-state index >= 15 is 0 Å². The first kappa shape index (κ1) is 20.4. The number of rotatable bonds is 9. The number of likely N-dealkylation sites (N-methyl/N-ethyl adjacent to an activating group) is 1. The van der Waals surface area contributed by atoms with Gasteiger partial charge in [-0.05, 0) is 37.6 Å². The summed E-state index contributed by atoms with van der Waals surface area (Å²) in [5.41, 5.74) is 0.249. The lowest BCUT2D eigenvalue weighted by molar-refractivity contribution is -0.140. The Balaban J connectivity index is 2.97. The highest BCUT2D eigenvalue weighted by Crippen LogP contribution is 2.20. The van der Waals surface area contributed by atoms with Gasteiger partial charge in [0.2, 0.25) is 20.0 Å². The average molecular weight is 378 g/mol. The smallest absolute Gasteiger partial charge is 0.321 e. The van der Waals surface area contributed by atoms with Gasteiger partial charge in [0.05, 0.1) is 10.6 Å². The van der Waals surface area contributed by atoms with E-state index in [0.717, 1.165) is 10.7 Å². The summed E-state index contributed by atoms with van der Waals surface area (Å²) in [6.07, 6.45) is 1.27. The molecule has 0 fully saturated rings.